The smallest absolute Gasteiger partial charge is 0.264 e. The molecule has 2 nitrogen and oxygen atoms in total. The second-order valence-electron chi connectivity index (χ2n) is 8.87. The molecule has 0 N–H and O–H groups in total. The van der Waals surface area contributed by atoms with Gasteiger partial charge in [0.2, 0.25) is 0 Å². The van der Waals surface area contributed by atoms with Crippen LogP contribution in [0.5, 0.6) is 0 Å². The Bertz CT molecular complexity index is 1240. The fraction of sp³-hybridized carbons (Fsp3) is 0.207. The summed E-state index contributed by atoms with van der Waals surface area (Å²) >= 11 is 1.59. The minimum Gasteiger partial charge on any atom is -0.329 e. The third-order valence-electron chi connectivity index (χ3n) is 6.18. The van der Waals surface area contributed by atoms with E-state index in [-0.39, 0.29) is 5.91 Å². The maximum Gasteiger partial charge on any atom is 0.264 e. The Morgan fingerprint density at radius 3 is 2.25 bits per heavy atom. The van der Waals surface area contributed by atoms with Gasteiger partial charge in [-0.2, -0.15) is 0 Å². The summed E-state index contributed by atoms with van der Waals surface area (Å²) in [4.78, 5) is 17.0. The van der Waals surface area contributed by atoms with Gasteiger partial charge >= 0.3 is 0 Å². The second-order valence-corrected chi connectivity index (χ2v) is 9.95. The quantitative estimate of drug-likeness (QED) is 0.321. The van der Waals surface area contributed by atoms with Crippen LogP contribution in [0.2, 0.25) is 0 Å². The van der Waals surface area contributed by atoms with E-state index in [2.05, 4.69) is 80.6 Å². The van der Waals surface area contributed by atoms with E-state index in [4.69, 9.17) is 0 Å². The molecule has 3 aromatic carbocycles. The molecule has 0 bridgehead atoms. The van der Waals surface area contributed by atoms with E-state index in [9.17, 15) is 4.79 Å². The number of carbonyl (C=O) groups excluding carboxylic acids is 1. The molecule has 0 aliphatic carbocycles. The lowest BCUT2D eigenvalue weighted by molar-refractivity contribution is 0.0756. The SMILES string of the molecule is CC(C)c1cccc(Cc2cccc(-c3ccc(C(=O)N4Cc5ccccc5C4)s3)c2)c1. The Morgan fingerprint density at radius 1 is 0.844 bits per heavy atom. The summed E-state index contributed by atoms with van der Waals surface area (Å²) in [5, 5.41) is 0. The third-order valence-corrected chi connectivity index (χ3v) is 7.30. The fourth-order valence-electron chi connectivity index (χ4n) is 4.37. The van der Waals surface area contributed by atoms with Gasteiger partial charge in [0.25, 0.3) is 5.91 Å². The predicted octanol–water partition coefficient (Wildman–Crippen LogP) is 7.29. The number of hydrogen-bond acceptors (Lipinski definition) is 2. The van der Waals surface area contributed by atoms with Crippen molar-refractivity contribution in [1.29, 1.82) is 0 Å². The summed E-state index contributed by atoms with van der Waals surface area (Å²) in [5.74, 6) is 0.658. The minimum atomic E-state index is 0.124. The summed E-state index contributed by atoms with van der Waals surface area (Å²) in [7, 11) is 0. The molecule has 0 saturated carbocycles. The van der Waals surface area contributed by atoms with Gasteiger partial charge in [0.05, 0.1) is 4.88 Å². The highest BCUT2D eigenvalue weighted by molar-refractivity contribution is 7.17. The van der Waals surface area contributed by atoms with Crippen LogP contribution in [0.15, 0.2) is 84.9 Å². The van der Waals surface area contributed by atoms with E-state index in [1.54, 1.807) is 11.3 Å². The van der Waals surface area contributed by atoms with E-state index in [1.807, 2.05) is 23.1 Å². The highest BCUT2D eigenvalue weighted by atomic mass is 32.1. The van der Waals surface area contributed by atoms with Gasteiger partial charge in [-0.15, -0.1) is 11.3 Å². The Labute approximate surface area is 194 Å². The van der Waals surface area contributed by atoms with Crippen molar-refractivity contribution in [3.8, 4) is 10.4 Å². The molecule has 1 aliphatic rings. The van der Waals surface area contributed by atoms with Crippen LogP contribution in [-0.4, -0.2) is 10.8 Å². The molecule has 4 aromatic rings. The Hall–Kier alpha value is -3.17. The van der Waals surface area contributed by atoms with Crippen molar-refractivity contribution in [2.45, 2.75) is 39.3 Å². The molecule has 0 spiro atoms. The van der Waals surface area contributed by atoms with Gasteiger partial charge in [0.1, 0.15) is 0 Å². The summed E-state index contributed by atoms with van der Waals surface area (Å²) in [6, 6.07) is 30.0. The Morgan fingerprint density at radius 2 is 1.53 bits per heavy atom. The molecular weight excluding hydrogens is 410 g/mol. The Balaban J connectivity index is 1.32. The maximum atomic E-state index is 13.1. The molecule has 2 heterocycles. The normalized spacial score (nSPS) is 12.9. The average molecular weight is 438 g/mol. The molecule has 32 heavy (non-hydrogen) atoms. The highest BCUT2D eigenvalue weighted by Crippen LogP contribution is 2.32. The lowest BCUT2D eigenvalue weighted by Gasteiger charge is -2.13. The minimum absolute atomic E-state index is 0.124. The van der Waals surface area contributed by atoms with Crippen LogP contribution in [0.1, 0.15) is 57.3 Å². The number of fused-ring (bicyclic) bond motifs is 1. The van der Waals surface area contributed by atoms with Crippen molar-refractivity contribution in [3.05, 3.63) is 118 Å². The predicted molar refractivity (Wildman–Crippen MR) is 133 cm³/mol. The van der Waals surface area contributed by atoms with Gasteiger partial charge in [0.15, 0.2) is 0 Å². The summed E-state index contributed by atoms with van der Waals surface area (Å²) in [6.45, 7) is 5.87. The summed E-state index contributed by atoms with van der Waals surface area (Å²) < 4.78 is 0. The number of nitrogens with zero attached hydrogens (tertiary/aromatic N) is 1. The van der Waals surface area contributed by atoms with E-state index < -0.39 is 0 Å². The van der Waals surface area contributed by atoms with Gasteiger partial charge in [-0.25, -0.2) is 0 Å². The van der Waals surface area contributed by atoms with Gasteiger partial charge in [-0.05, 0) is 57.9 Å². The van der Waals surface area contributed by atoms with Gasteiger partial charge in [-0.3, -0.25) is 4.79 Å². The van der Waals surface area contributed by atoms with Crippen molar-refractivity contribution >= 4 is 17.2 Å². The van der Waals surface area contributed by atoms with E-state index >= 15 is 0 Å². The van der Waals surface area contributed by atoms with Crippen molar-refractivity contribution in [1.82, 2.24) is 4.90 Å². The first-order valence-corrected chi connectivity index (χ1v) is 12.0. The van der Waals surface area contributed by atoms with E-state index in [0.717, 1.165) is 16.2 Å². The van der Waals surface area contributed by atoms with Crippen LogP contribution in [0, 0.1) is 0 Å². The molecule has 160 valence electrons. The highest BCUT2D eigenvalue weighted by Gasteiger charge is 2.25. The van der Waals surface area contributed by atoms with Crippen molar-refractivity contribution in [3.63, 3.8) is 0 Å². The van der Waals surface area contributed by atoms with E-state index in [1.165, 1.54) is 33.4 Å². The molecule has 0 atom stereocenters. The van der Waals surface area contributed by atoms with Crippen LogP contribution < -0.4 is 0 Å². The lowest BCUT2D eigenvalue weighted by Crippen LogP contribution is -2.24. The van der Waals surface area contributed by atoms with Crippen LogP contribution in [0.25, 0.3) is 10.4 Å². The number of thiophene rings is 1. The van der Waals surface area contributed by atoms with Crippen LogP contribution in [-0.2, 0) is 19.5 Å². The van der Waals surface area contributed by atoms with Gasteiger partial charge < -0.3 is 4.90 Å². The first kappa shape index (κ1) is 20.7. The molecule has 0 unspecified atom stereocenters. The Kier molecular flexibility index (Phi) is 5.67. The summed E-state index contributed by atoms with van der Waals surface area (Å²) in [6.07, 6.45) is 0.914. The number of rotatable bonds is 5. The van der Waals surface area contributed by atoms with Gasteiger partial charge in [0, 0.05) is 18.0 Å². The van der Waals surface area contributed by atoms with Crippen LogP contribution in [0.4, 0.5) is 0 Å². The molecule has 0 saturated heterocycles. The zero-order chi connectivity index (χ0) is 22.1. The number of hydrogen-bond donors (Lipinski definition) is 0. The zero-order valence-corrected chi connectivity index (χ0v) is 19.4. The number of amides is 1. The average Bonchev–Trinajstić information content (AvgIpc) is 3.46. The lowest BCUT2D eigenvalue weighted by atomic mass is 9.97. The molecular formula is C29H27NOS. The van der Waals surface area contributed by atoms with E-state index in [0.29, 0.717) is 19.0 Å². The number of carbonyl (C=O) groups is 1. The maximum absolute atomic E-state index is 13.1. The molecule has 5 rings (SSSR count). The fourth-order valence-corrected chi connectivity index (χ4v) is 5.34. The van der Waals surface area contributed by atoms with Gasteiger partial charge in [-0.1, -0.05) is 86.6 Å². The molecule has 0 fully saturated rings. The van der Waals surface area contributed by atoms with Crippen LogP contribution in [0.3, 0.4) is 0 Å². The molecule has 0 radical (unpaired) electrons. The molecule has 1 amide bonds. The molecule has 3 heteroatoms. The standard InChI is InChI=1S/C29H27NOS/c1-20(2)23-11-5-7-21(16-23)15-22-8-6-12-24(17-22)27-13-14-28(32-27)29(31)30-18-25-9-3-4-10-26(25)19-30/h3-14,16-17,20H,15,18-19H2,1-2H3. The van der Waals surface area contributed by atoms with Crippen LogP contribution >= 0.6 is 11.3 Å². The molecule has 1 aliphatic heterocycles. The zero-order valence-electron chi connectivity index (χ0n) is 18.5. The van der Waals surface area contributed by atoms with Crippen molar-refractivity contribution < 1.29 is 4.79 Å². The first-order valence-electron chi connectivity index (χ1n) is 11.2. The second kappa shape index (κ2) is 8.76. The van der Waals surface area contributed by atoms with Crippen molar-refractivity contribution in [2.75, 3.05) is 0 Å². The topological polar surface area (TPSA) is 20.3 Å². The number of benzene rings is 3. The monoisotopic (exact) mass is 437 g/mol. The summed E-state index contributed by atoms with van der Waals surface area (Å²) in [5.41, 5.74) is 7.70. The first-order chi connectivity index (χ1) is 15.6. The third kappa shape index (κ3) is 4.26. The molecule has 1 aromatic heterocycles. The van der Waals surface area contributed by atoms with Crippen molar-refractivity contribution in [2.24, 2.45) is 0 Å². The largest absolute Gasteiger partial charge is 0.329 e.